The van der Waals surface area contributed by atoms with Gasteiger partial charge in [-0.25, -0.2) is 32.2 Å². The first-order valence-electron chi connectivity index (χ1n) is 15.0. The summed E-state index contributed by atoms with van der Waals surface area (Å²) in [5, 5.41) is 4.34. The summed E-state index contributed by atoms with van der Waals surface area (Å²) in [5.74, 6) is 1.96. The van der Waals surface area contributed by atoms with Crippen LogP contribution in [0, 0.1) is 29.1 Å². The van der Waals surface area contributed by atoms with Gasteiger partial charge in [-0.2, -0.15) is 0 Å². The minimum Gasteiger partial charge on any atom is -0.471 e. The predicted octanol–water partition coefficient (Wildman–Crippen LogP) is 5.13. The SMILES string of the molecule is CC.CCS(=O)(=O)c1nc2c3c4nc(c(F)c3n1)-c1cccc3ccc(F)c(c13)C#CPCCC(C)C(O4)C1CNCCN21.[Tl]. The molecule has 45 heavy (non-hydrogen) atoms. The molecule has 0 saturated carbocycles. The number of sulfone groups is 1. The van der Waals surface area contributed by atoms with Crippen LogP contribution in [0.4, 0.5) is 14.6 Å². The third-order valence-corrected chi connectivity index (χ3v) is 10.7. The Balaban J connectivity index is 0.00000131. The maximum atomic E-state index is 16.8. The van der Waals surface area contributed by atoms with E-state index in [0.29, 0.717) is 41.8 Å². The van der Waals surface area contributed by atoms with Gasteiger partial charge in [0, 0.05) is 57.9 Å². The van der Waals surface area contributed by atoms with Gasteiger partial charge < -0.3 is 15.0 Å². The molecule has 1 radical (unpaired) electrons. The van der Waals surface area contributed by atoms with E-state index in [4.69, 9.17) is 9.72 Å². The first-order valence-corrected chi connectivity index (χ1v) is 17.9. The monoisotopic (exact) mass is 842 g/mol. The van der Waals surface area contributed by atoms with Crippen LogP contribution in [0.2, 0.25) is 0 Å². The number of benzene rings is 2. The second kappa shape index (κ2) is 13.7. The number of pyridine rings is 1. The summed E-state index contributed by atoms with van der Waals surface area (Å²) in [4.78, 5) is 15.6. The average molecular weight is 842 g/mol. The van der Waals surface area contributed by atoms with Crippen LogP contribution in [-0.4, -0.2) is 94.4 Å². The molecule has 4 atom stereocenters. The van der Waals surface area contributed by atoms with Gasteiger partial charge in [-0.05, 0) is 38.5 Å². The number of nitrogens with one attached hydrogen (secondary N) is 1. The zero-order valence-corrected chi connectivity index (χ0v) is 31.9. The fourth-order valence-electron chi connectivity index (χ4n) is 6.13. The molecule has 1 saturated heterocycles. The van der Waals surface area contributed by atoms with E-state index in [9.17, 15) is 8.42 Å². The molecule has 7 rings (SSSR count). The molecule has 2 aromatic heterocycles. The molecule has 3 aliphatic rings. The minimum absolute atomic E-state index is 0. The Kier molecular flexibility index (Phi) is 10.3. The molecule has 233 valence electrons. The Morgan fingerprint density at radius 3 is 2.71 bits per heavy atom. The van der Waals surface area contributed by atoms with E-state index in [1.54, 1.807) is 18.2 Å². The molecule has 3 aliphatic heterocycles. The smallest absolute Gasteiger partial charge is 0.249 e. The molecule has 0 amide bonds. The van der Waals surface area contributed by atoms with E-state index in [-0.39, 0.29) is 87.7 Å². The molecule has 1 N–H and O–H groups in total. The van der Waals surface area contributed by atoms with Gasteiger partial charge in [-0.15, -0.1) is 0 Å². The van der Waals surface area contributed by atoms with E-state index in [1.165, 1.54) is 13.0 Å². The number of piperazine rings is 1. The Morgan fingerprint density at radius 1 is 1.13 bits per heavy atom. The van der Waals surface area contributed by atoms with Crippen molar-refractivity contribution in [2.24, 2.45) is 5.92 Å². The standard InChI is InChI=1S/C30H28F2N5O3PS.C2H6.Tl/c1-3-42(38,39)30-35-26-23-28(36-30)37-12-11-33-15-21(37)27-16(2)9-13-41-14-10-18-20(31)8-7-17-5-4-6-19(22(17)18)25(24(26)32)34-29(23)40-27;1-2;/h4-8,16,21,27,33,41H,3,9,11-13,15H2,1-2H3;1-2H3;. The molecule has 0 aliphatic carbocycles. The molecule has 4 aromatic rings. The number of fused-ring (bicyclic) bond motifs is 6. The summed E-state index contributed by atoms with van der Waals surface area (Å²) in [6.07, 6.45) is 1.24. The topological polar surface area (TPSA) is 97.3 Å². The van der Waals surface area contributed by atoms with E-state index >= 15 is 8.78 Å². The summed E-state index contributed by atoms with van der Waals surface area (Å²) in [7, 11) is -3.61. The van der Waals surface area contributed by atoms with Crippen molar-refractivity contribution in [3.8, 4) is 28.7 Å². The third-order valence-electron chi connectivity index (χ3n) is 8.36. The first kappa shape index (κ1) is 33.8. The Labute approximate surface area is 284 Å². The zero-order chi connectivity index (χ0) is 31.2. The van der Waals surface area contributed by atoms with Crippen molar-refractivity contribution in [1.82, 2.24) is 20.3 Å². The van der Waals surface area contributed by atoms with Gasteiger partial charge in [0.25, 0.3) is 0 Å². The van der Waals surface area contributed by atoms with E-state index in [0.717, 1.165) is 12.6 Å². The number of nitrogens with zero attached hydrogens (tertiary/aromatic N) is 4. The maximum absolute atomic E-state index is 16.8. The van der Waals surface area contributed by atoms with Gasteiger partial charge in [0.05, 0.1) is 17.4 Å². The summed E-state index contributed by atoms with van der Waals surface area (Å²) in [6.45, 7) is 9.35. The van der Waals surface area contributed by atoms with Crippen LogP contribution >= 0.6 is 8.58 Å². The maximum Gasteiger partial charge on any atom is 0.249 e. The number of halogens is 2. The van der Waals surface area contributed by atoms with E-state index in [2.05, 4.69) is 33.8 Å². The van der Waals surface area contributed by atoms with Crippen LogP contribution in [0.3, 0.4) is 0 Å². The van der Waals surface area contributed by atoms with Crippen LogP contribution in [-0.2, 0) is 9.84 Å². The number of aromatic nitrogens is 3. The number of rotatable bonds is 2. The van der Waals surface area contributed by atoms with Gasteiger partial charge in [0.15, 0.2) is 5.82 Å². The van der Waals surface area contributed by atoms with Crippen LogP contribution in [0.25, 0.3) is 32.9 Å². The molecule has 3 bridgehead atoms. The van der Waals surface area contributed by atoms with Gasteiger partial charge >= 0.3 is 0 Å². The van der Waals surface area contributed by atoms with Gasteiger partial charge in [-0.1, -0.05) is 63.5 Å². The number of anilines is 1. The van der Waals surface area contributed by atoms with Crippen molar-refractivity contribution in [3.63, 3.8) is 0 Å². The number of ether oxygens (including phenoxy) is 1. The van der Waals surface area contributed by atoms with Gasteiger partial charge in [-0.3, -0.25) is 0 Å². The molecule has 13 heteroatoms. The van der Waals surface area contributed by atoms with Crippen LogP contribution in [0.5, 0.6) is 5.88 Å². The average Bonchev–Trinajstić information content (AvgIpc) is 3.18. The summed E-state index contributed by atoms with van der Waals surface area (Å²) < 4.78 is 65.0. The second-order valence-corrected chi connectivity index (χ2v) is 14.1. The van der Waals surface area contributed by atoms with Crippen LogP contribution in [0.1, 0.15) is 39.7 Å². The fraction of sp³-hybridized carbons (Fsp3) is 0.406. The Morgan fingerprint density at radius 2 is 1.93 bits per heavy atom. The summed E-state index contributed by atoms with van der Waals surface area (Å²) >= 11 is 0. The van der Waals surface area contributed by atoms with Gasteiger partial charge in [0.2, 0.25) is 20.9 Å². The van der Waals surface area contributed by atoms with E-state index < -0.39 is 26.6 Å². The third kappa shape index (κ3) is 5.92. The van der Waals surface area contributed by atoms with Crippen molar-refractivity contribution < 1.29 is 21.9 Å². The molecular weight excluding hydrogens is 808 g/mol. The Hall–Kier alpha value is -2.53. The molecule has 0 spiro atoms. The Bertz CT molecular complexity index is 1950. The quantitative estimate of drug-likeness (QED) is 0.129. The van der Waals surface area contributed by atoms with Crippen molar-refractivity contribution in [2.75, 3.05) is 36.4 Å². The van der Waals surface area contributed by atoms with Crippen molar-refractivity contribution >= 4 is 73.2 Å². The molecule has 5 heterocycles. The summed E-state index contributed by atoms with van der Waals surface area (Å²) in [6, 6.07) is 8.02. The predicted molar refractivity (Wildman–Crippen MR) is 177 cm³/mol. The van der Waals surface area contributed by atoms with Gasteiger partial charge in [0.1, 0.15) is 34.3 Å². The minimum atomic E-state index is -3.90. The molecule has 4 unspecified atom stereocenters. The van der Waals surface area contributed by atoms with Crippen molar-refractivity contribution in [3.05, 3.63) is 47.5 Å². The largest absolute Gasteiger partial charge is 0.471 e. The fourth-order valence-corrected chi connectivity index (χ4v) is 7.79. The van der Waals surface area contributed by atoms with E-state index in [1.807, 2.05) is 24.8 Å². The number of hydrogen-bond donors (Lipinski definition) is 1. The van der Waals surface area contributed by atoms with Crippen LogP contribution in [0.15, 0.2) is 35.5 Å². The molecule has 1 fully saturated rings. The first-order chi connectivity index (χ1) is 21.3. The van der Waals surface area contributed by atoms with Crippen molar-refractivity contribution in [2.45, 2.75) is 51.4 Å². The molecular formula is C32H34F2N5O3PSTl. The molecule has 2 aromatic carbocycles. The zero-order valence-electron chi connectivity index (χ0n) is 25.6. The summed E-state index contributed by atoms with van der Waals surface area (Å²) in [5.41, 5.74) is 3.36. The van der Waals surface area contributed by atoms with Crippen LogP contribution < -0.4 is 15.0 Å². The number of hydrogen-bond acceptors (Lipinski definition) is 8. The van der Waals surface area contributed by atoms with Crippen molar-refractivity contribution in [1.29, 1.82) is 0 Å². The second-order valence-electron chi connectivity index (χ2n) is 10.9. The normalized spacial score (nSPS) is 21.0. The molecule has 8 nitrogen and oxygen atoms in total.